The predicted octanol–water partition coefficient (Wildman–Crippen LogP) is 2.10. The van der Waals surface area contributed by atoms with Gasteiger partial charge in [0.2, 0.25) is 5.75 Å². The lowest BCUT2D eigenvalue weighted by molar-refractivity contribution is -0.926. The molecule has 1 heterocycles. The Bertz CT molecular complexity index is 754. The van der Waals surface area contributed by atoms with Crippen LogP contribution >= 0.6 is 0 Å². The molecule has 1 aliphatic heterocycles. The number of quaternary nitrogens is 1. The Hall–Kier alpha value is -2.73. The van der Waals surface area contributed by atoms with Gasteiger partial charge in [0.1, 0.15) is 6.54 Å². The number of hydrogen-bond donors (Lipinski definition) is 3. The van der Waals surface area contributed by atoms with Crippen molar-refractivity contribution in [3.05, 3.63) is 53.6 Å². The second-order valence-electron chi connectivity index (χ2n) is 6.78. The molecule has 0 aromatic heterocycles. The summed E-state index contributed by atoms with van der Waals surface area (Å²) in [6.07, 6.45) is 1.52. The first-order valence-electron chi connectivity index (χ1n) is 8.37. The maximum absolute atomic E-state index is 9.83. The van der Waals surface area contributed by atoms with Crippen LogP contribution in [0.25, 0.3) is 0 Å². The summed E-state index contributed by atoms with van der Waals surface area (Å²) >= 11 is 0. The number of rotatable bonds is 4. The molecule has 0 aliphatic carbocycles. The molecule has 0 unspecified atom stereocenters. The van der Waals surface area contributed by atoms with E-state index in [-0.39, 0.29) is 11.5 Å². The van der Waals surface area contributed by atoms with E-state index in [1.54, 1.807) is 0 Å². The van der Waals surface area contributed by atoms with E-state index < -0.39 is 5.75 Å². The van der Waals surface area contributed by atoms with E-state index in [0.29, 0.717) is 5.56 Å². The summed E-state index contributed by atoms with van der Waals surface area (Å²) in [6, 6.07) is 13.4. The van der Waals surface area contributed by atoms with E-state index in [4.69, 9.17) is 0 Å². The standard InChI is InChI=1S/C19H23N3O3/c1-22(14-15-5-3-2-4-6-15)11-9-21(10-12-22)20-13-16-7-8-17(23)19(25)18(16)24/h2-8,13H,9-12,14H2,1H3,(H2-,20,23,24,25)/p+1. The molecule has 0 bridgehead atoms. The second kappa shape index (κ2) is 7.03. The Morgan fingerprint density at radius 1 is 1.00 bits per heavy atom. The summed E-state index contributed by atoms with van der Waals surface area (Å²) in [5, 5.41) is 35.1. The molecule has 2 aromatic rings. The first-order valence-corrected chi connectivity index (χ1v) is 8.37. The van der Waals surface area contributed by atoms with E-state index in [0.717, 1.165) is 37.2 Å². The molecule has 6 heteroatoms. The van der Waals surface area contributed by atoms with E-state index in [2.05, 4.69) is 36.4 Å². The van der Waals surface area contributed by atoms with Crippen LogP contribution < -0.4 is 0 Å². The van der Waals surface area contributed by atoms with Crippen molar-refractivity contribution in [2.45, 2.75) is 6.54 Å². The number of phenolic OH excluding ortho intramolecular Hbond substituents is 3. The molecule has 0 spiro atoms. The lowest BCUT2D eigenvalue weighted by Crippen LogP contribution is -2.55. The number of likely N-dealkylation sites (N-methyl/N-ethyl adjacent to an activating group) is 1. The topological polar surface area (TPSA) is 76.3 Å². The zero-order valence-corrected chi connectivity index (χ0v) is 14.3. The van der Waals surface area contributed by atoms with Gasteiger partial charge >= 0.3 is 0 Å². The van der Waals surface area contributed by atoms with Crippen LogP contribution in [0, 0.1) is 0 Å². The van der Waals surface area contributed by atoms with Crippen LogP contribution in [0.4, 0.5) is 0 Å². The largest absolute Gasteiger partial charge is 0.504 e. The monoisotopic (exact) mass is 342 g/mol. The van der Waals surface area contributed by atoms with Crippen LogP contribution in [0.3, 0.4) is 0 Å². The van der Waals surface area contributed by atoms with Gasteiger partial charge in [-0.05, 0) is 12.1 Å². The summed E-state index contributed by atoms with van der Waals surface area (Å²) in [7, 11) is 2.26. The minimum Gasteiger partial charge on any atom is -0.504 e. The normalized spacial score (nSPS) is 17.1. The Kier molecular flexibility index (Phi) is 4.81. The second-order valence-corrected chi connectivity index (χ2v) is 6.78. The quantitative estimate of drug-likeness (QED) is 0.452. The molecule has 2 aromatic carbocycles. The first kappa shape index (κ1) is 17.1. The van der Waals surface area contributed by atoms with Crippen LogP contribution in [-0.4, -0.2) is 64.3 Å². The minimum atomic E-state index is -0.519. The molecule has 0 amide bonds. The van der Waals surface area contributed by atoms with Gasteiger partial charge in [-0.25, -0.2) is 0 Å². The average Bonchev–Trinajstić information content (AvgIpc) is 2.61. The summed E-state index contributed by atoms with van der Waals surface area (Å²) < 4.78 is 0.973. The summed E-state index contributed by atoms with van der Waals surface area (Å²) in [5.74, 6) is -1.22. The number of hydrogen-bond acceptors (Lipinski definition) is 5. The lowest BCUT2D eigenvalue weighted by Gasteiger charge is -2.41. The Labute approximate surface area is 147 Å². The third kappa shape index (κ3) is 4.03. The molecule has 3 rings (SSSR count). The van der Waals surface area contributed by atoms with Crippen molar-refractivity contribution in [1.29, 1.82) is 0 Å². The zero-order valence-electron chi connectivity index (χ0n) is 14.3. The van der Waals surface area contributed by atoms with Crippen molar-refractivity contribution < 1.29 is 19.8 Å². The Morgan fingerprint density at radius 3 is 2.36 bits per heavy atom. The average molecular weight is 342 g/mol. The third-order valence-electron chi connectivity index (χ3n) is 4.72. The molecule has 0 atom stereocenters. The summed E-state index contributed by atoms with van der Waals surface area (Å²) in [5.41, 5.74) is 1.72. The van der Waals surface area contributed by atoms with E-state index in [9.17, 15) is 15.3 Å². The predicted molar refractivity (Wildman–Crippen MR) is 96.7 cm³/mol. The highest BCUT2D eigenvalue weighted by molar-refractivity contribution is 5.85. The maximum atomic E-state index is 9.83. The van der Waals surface area contributed by atoms with Crippen LogP contribution in [0.2, 0.25) is 0 Å². The van der Waals surface area contributed by atoms with Gasteiger partial charge in [-0.1, -0.05) is 30.3 Å². The van der Waals surface area contributed by atoms with Gasteiger partial charge in [-0.2, -0.15) is 5.10 Å². The zero-order chi connectivity index (χ0) is 17.9. The maximum Gasteiger partial charge on any atom is 0.200 e. The number of piperazine rings is 1. The van der Waals surface area contributed by atoms with Crippen molar-refractivity contribution in [1.82, 2.24) is 5.01 Å². The van der Waals surface area contributed by atoms with Crippen LogP contribution in [-0.2, 0) is 6.54 Å². The SMILES string of the molecule is C[N+]1(Cc2ccccc2)CCN(/N=C\c2ccc(O)c(O)c2O)CC1. The molecule has 25 heavy (non-hydrogen) atoms. The van der Waals surface area contributed by atoms with Gasteiger partial charge in [0.25, 0.3) is 0 Å². The third-order valence-corrected chi connectivity index (χ3v) is 4.72. The molecule has 6 nitrogen and oxygen atoms in total. The Morgan fingerprint density at radius 2 is 1.68 bits per heavy atom. The van der Waals surface area contributed by atoms with Gasteiger partial charge < -0.3 is 19.8 Å². The minimum absolute atomic E-state index is 0.346. The fraction of sp³-hybridized carbons (Fsp3) is 0.316. The van der Waals surface area contributed by atoms with Crippen molar-refractivity contribution in [2.75, 3.05) is 33.2 Å². The van der Waals surface area contributed by atoms with Crippen molar-refractivity contribution in [3.8, 4) is 17.2 Å². The van der Waals surface area contributed by atoms with Gasteiger partial charge in [-0.15, -0.1) is 0 Å². The number of phenols is 3. The van der Waals surface area contributed by atoms with Gasteiger partial charge in [0, 0.05) is 11.1 Å². The van der Waals surface area contributed by atoms with Crippen LogP contribution in [0.1, 0.15) is 11.1 Å². The lowest BCUT2D eigenvalue weighted by atomic mass is 10.1. The molecule has 3 N–H and O–H groups in total. The first-order chi connectivity index (χ1) is 12.0. The Balaban J connectivity index is 1.60. The molecule has 1 fully saturated rings. The van der Waals surface area contributed by atoms with E-state index in [1.807, 2.05) is 11.1 Å². The van der Waals surface area contributed by atoms with Crippen LogP contribution in [0.5, 0.6) is 17.2 Å². The highest BCUT2D eigenvalue weighted by atomic mass is 16.3. The van der Waals surface area contributed by atoms with Crippen molar-refractivity contribution >= 4 is 6.21 Å². The summed E-state index contributed by atoms with van der Waals surface area (Å²) in [6.45, 7) is 4.62. The highest BCUT2D eigenvalue weighted by Gasteiger charge is 2.28. The van der Waals surface area contributed by atoms with Crippen LogP contribution in [0.15, 0.2) is 47.6 Å². The van der Waals surface area contributed by atoms with Gasteiger partial charge in [-0.3, -0.25) is 5.01 Å². The van der Waals surface area contributed by atoms with E-state index >= 15 is 0 Å². The molecule has 1 aliphatic rings. The number of aromatic hydroxyl groups is 3. The molecular formula is C19H24N3O3+. The summed E-state index contributed by atoms with van der Waals surface area (Å²) in [4.78, 5) is 0. The molecule has 1 saturated heterocycles. The van der Waals surface area contributed by atoms with Crippen molar-refractivity contribution in [2.24, 2.45) is 5.10 Å². The number of benzene rings is 2. The molecule has 132 valence electrons. The van der Waals surface area contributed by atoms with Gasteiger partial charge in [0.15, 0.2) is 11.5 Å². The van der Waals surface area contributed by atoms with Crippen molar-refractivity contribution in [3.63, 3.8) is 0 Å². The molecular weight excluding hydrogens is 318 g/mol. The van der Waals surface area contributed by atoms with Gasteiger partial charge in [0.05, 0.1) is 39.4 Å². The molecule has 0 radical (unpaired) electrons. The highest BCUT2D eigenvalue weighted by Crippen LogP contribution is 2.36. The molecule has 0 saturated carbocycles. The fourth-order valence-corrected chi connectivity index (χ4v) is 3.07. The number of hydrazone groups is 1. The van der Waals surface area contributed by atoms with E-state index in [1.165, 1.54) is 23.9 Å². The number of nitrogens with zero attached hydrogens (tertiary/aromatic N) is 3. The smallest absolute Gasteiger partial charge is 0.200 e. The fourth-order valence-electron chi connectivity index (χ4n) is 3.07.